The van der Waals surface area contributed by atoms with Gasteiger partial charge < -0.3 is 5.32 Å². The van der Waals surface area contributed by atoms with Crippen LogP contribution in [0.5, 0.6) is 0 Å². The van der Waals surface area contributed by atoms with Crippen molar-refractivity contribution in [1.82, 2.24) is 15.2 Å². The molecule has 0 bridgehead atoms. The molecule has 32 heavy (non-hydrogen) atoms. The molecule has 4 rings (SSSR count). The van der Waals surface area contributed by atoms with Gasteiger partial charge in [0.05, 0.1) is 12.0 Å². The minimum atomic E-state index is -0.414. The Labute approximate surface area is 191 Å². The fourth-order valence-electron chi connectivity index (χ4n) is 4.29. The van der Waals surface area contributed by atoms with Crippen LogP contribution in [0.1, 0.15) is 46.4 Å². The zero-order valence-electron chi connectivity index (χ0n) is 18.0. The first-order chi connectivity index (χ1) is 15.5. The molecule has 2 aromatic carbocycles. The van der Waals surface area contributed by atoms with Crippen LogP contribution >= 0.6 is 11.3 Å². The van der Waals surface area contributed by atoms with E-state index in [1.165, 1.54) is 23.5 Å². The van der Waals surface area contributed by atoms with Crippen LogP contribution in [0.3, 0.4) is 0 Å². The van der Waals surface area contributed by atoms with E-state index in [2.05, 4.69) is 15.2 Å². The number of likely N-dealkylation sites (tertiary alicyclic amines) is 1. The minimum Gasteiger partial charge on any atom is -0.347 e. The topological polar surface area (TPSA) is 62.3 Å². The van der Waals surface area contributed by atoms with Crippen LogP contribution in [0.15, 0.2) is 60.0 Å². The summed E-state index contributed by atoms with van der Waals surface area (Å²) in [7, 11) is 0. The van der Waals surface area contributed by atoms with Crippen molar-refractivity contribution in [2.75, 3.05) is 13.1 Å². The van der Waals surface area contributed by atoms with Crippen molar-refractivity contribution in [3.05, 3.63) is 87.6 Å². The normalized spacial score (nSPS) is 15.9. The molecule has 1 aliphatic heterocycles. The lowest BCUT2D eigenvalue weighted by atomic mass is 9.70. The van der Waals surface area contributed by atoms with Crippen LogP contribution in [0.25, 0.3) is 0 Å². The van der Waals surface area contributed by atoms with E-state index in [0.29, 0.717) is 17.8 Å². The van der Waals surface area contributed by atoms with Gasteiger partial charge in [0.2, 0.25) is 0 Å². The average molecular weight is 452 g/mol. The molecule has 0 atom stereocenters. The number of carbonyl (C=O) groups excluding carboxylic acids is 2. The lowest BCUT2D eigenvalue weighted by Crippen LogP contribution is -2.46. The lowest BCUT2D eigenvalue weighted by Gasteiger charge is -2.40. The Bertz CT molecular complexity index is 1090. The number of aromatic nitrogens is 1. The first kappa shape index (κ1) is 22.3. The average Bonchev–Trinajstić information content (AvgIpc) is 3.27. The minimum absolute atomic E-state index is 0.217. The van der Waals surface area contributed by atoms with E-state index >= 15 is 0 Å². The van der Waals surface area contributed by atoms with Gasteiger partial charge in [0, 0.05) is 11.9 Å². The van der Waals surface area contributed by atoms with E-state index < -0.39 is 5.41 Å². The third-order valence-corrected chi connectivity index (χ3v) is 7.03. The predicted molar refractivity (Wildman–Crippen MR) is 123 cm³/mol. The maximum absolute atomic E-state index is 13.3. The van der Waals surface area contributed by atoms with E-state index in [1.54, 1.807) is 24.4 Å². The quantitative estimate of drug-likeness (QED) is 0.581. The largest absolute Gasteiger partial charge is 0.347 e. The number of benzene rings is 2. The first-order valence-electron chi connectivity index (χ1n) is 10.7. The number of hydrogen-bond donors (Lipinski definition) is 1. The summed E-state index contributed by atoms with van der Waals surface area (Å²) in [6.07, 6.45) is 1.55. The molecule has 7 heteroatoms. The number of hydrogen-bond acceptors (Lipinski definition) is 5. The molecule has 166 valence electrons. The molecule has 3 aromatic rings. The highest BCUT2D eigenvalue weighted by atomic mass is 32.1. The third kappa shape index (κ3) is 4.95. The number of piperidine rings is 1. The molecule has 1 amide bonds. The summed E-state index contributed by atoms with van der Waals surface area (Å²) in [6, 6.07) is 16.2. The van der Waals surface area contributed by atoms with Crippen molar-refractivity contribution in [2.45, 2.75) is 38.3 Å². The van der Waals surface area contributed by atoms with Crippen molar-refractivity contribution >= 4 is 23.0 Å². The highest BCUT2D eigenvalue weighted by molar-refractivity contribution is 7.09. The first-order valence-corrected chi connectivity index (χ1v) is 11.6. The highest BCUT2D eigenvalue weighted by Crippen LogP contribution is 2.37. The maximum Gasteiger partial charge on any atom is 0.271 e. The highest BCUT2D eigenvalue weighted by Gasteiger charge is 2.40. The van der Waals surface area contributed by atoms with Crippen LogP contribution in [-0.4, -0.2) is 34.7 Å². The van der Waals surface area contributed by atoms with Crippen LogP contribution in [0.4, 0.5) is 4.39 Å². The van der Waals surface area contributed by atoms with Gasteiger partial charge in [0.25, 0.3) is 5.91 Å². The molecule has 0 aliphatic carbocycles. The van der Waals surface area contributed by atoms with Gasteiger partial charge in [-0.1, -0.05) is 42.5 Å². The van der Waals surface area contributed by atoms with E-state index in [9.17, 15) is 14.0 Å². The Balaban J connectivity index is 1.33. The predicted octanol–water partition coefficient (Wildman–Crippen LogP) is 4.34. The van der Waals surface area contributed by atoms with Crippen LogP contribution in [0.2, 0.25) is 0 Å². The molecule has 0 unspecified atom stereocenters. The Morgan fingerprint density at radius 2 is 1.88 bits per heavy atom. The number of nitrogens with zero attached hydrogens (tertiary/aromatic N) is 2. The Hall–Kier alpha value is -2.90. The number of rotatable bonds is 7. The van der Waals surface area contributed by atoms with E-state index in [-0.39, 0.29) is 24.1 Å². The van der Waals surface area contributed by atoms with Crippen LogP contribution < -0.4 is 5.32 Å². The second-order valence-electron chi connectivity index (χ2n) is 8.22. The number of amides is 1. The molecule has 1 saturated heterocycles. The number of ketones is 1. The van der Waals surface area contributed by atoms with E-state index in [4.69, 9.17) is 0 Å². The number of Topliss-reactive ketones (excluding diaryl/α,β-unsaturated/α-hetero) is 1. The number of thiazole rings is 1. The Kier molecular flexibility index (Phi) is 6.77. The smallest absolute Gasteiger partial charge is 0.271 e. The van der Waals surface area contributed by atoms with Crippen molar-refractivity contribution in [3.8, 4) is 0 Å². The molecule has 1 aliphatic rings. The lowest BCUT2D eigenvalue weighted by molar-refractivity contribution is -0.124. The second kappa shape index (κ2) is 9.71. The molecule has 0 saturated carbocycles. The summed E-state index contributed by atoms with van der Waals surface area (Å²) in [4.78, 5) is 31.7. The standard InChI is InChI=1S/C25H26FN3O2S/c1-18(30)25(20-7-3-2-4-8-20)10-12-29(13-11-25)16-23-28-22(17-32-23)24(31)27-15-19-6-5-9-21(26)14-19/h2-9,14,17H,10-13,15-16H2,1H3,(H,27,31). The molecule has 2 heterocycles. The summed E-state index contributed by atoms with van der Waals surface area (Å²) in [5.41, 5.74) is 1.76. The van der Waals surface area contributed by atoms with Crippen molar-refractivity contribution < 1.29 is 14.0 Å². The number of halogens is 1. The molecule has 1 N–H and O–H groups in total. The molecule has 1 aromatic heterocycles. The van der Waals surface area contributed by atoms with Crippen molar-refractivity contribution in [2.24, 2.45) is 0 Å². The fourth-order valence-corrected chi connectivity index (χ4v) is 5.11. The van der Waals surface area contributed by atoms with Gasteiger partial charge in [-0.25, -0.2) is 9.37 Å². The molecule has 0 radical (unpaired) electrons. The summed E-state index contributed by atoms with van der Waals surface area (Å²) < 4.78 is 13.3. The Morgan fingerprint density at radius 3 is 2.56 bits per heavy atom. The molecular weight excluding hydrogens is 425 g/mol. The number of carbonyl (C=O) groups is 2. The van der Waals surface area contributed by atoms with Gasteiger partial charge in [0.15, 0.2) is 0 Å². The third-order valence-electron chi connectivity index (χ3n) is 6.20. The second-order valence-corrected chi connectivity index (χ2v) is 9.16. The van der Waals surface area contributed by atoms with Gasteiger partial charge in [-0.15, -0.1) is 11.3 Å². The van der Waals surface area contributed by atoms with E-state index in [0.717, 1.165) is 36.5 Å². The molecule has 5 nitrogen and oxygen atoms in total. The zero-order valence-corrected chi connectivity index (χ0v) is 18.8. The van der Waals surface area contributed by atoms with Gasteiger partial charge in [-0.3, -0.25) is 14.5 Å². The molecule has 0 spiro atoms. The molecule has 1 fully saturated rings. The van der Waals surface area contributed by atoms with Crippen molar-refractivity contribution in [3.63, 3.8) is 0 Å². The van der Waals surface area contributed by atoms with E-state index in [1.807, 2.05) is 30.3 Å². The monoisotopic (exact) mass is 451 g/mol. The summed E-state index contributed by atoms with van der Waals surface area (Å²) >= 11 is 1.46. The van der Waals surface area contributed by atoms with Gasteiger partial charge in [0.1, 0.15) is 22.3 Å². The van der Waals surface area contributed by atoms with Crippen molar-refractivity contribution in [1.29, 1.82) is 0 Å². The summed E-state index contributed by atoms with van der Waals surface area (Å²) in [5.74, 6) is -0.375. The van der Waals surface area contributed by atoms with Crippen LogP contribution in [0, 0.1) is 5.82 Å². The van der Waals surface area contributed by atoms with Gasteiger partial charge in [-0.2, -0.15) is 0 Å². The van der Waals surface area contributed by atoms with Gasteiger partial charge >= 0.3 is 0 Å². The van der Waals surface area contributed by atoms with Crippen LogP contribution in [-0.2, 0) is 23.3 Å². The Morgan fingerprint density at radius 1 is 1.12 bits per heavy atom. The fraction of sp³-hybridized carbons (Fsp3) is 0.320. The maximum atomic E-state index is 13.3. The summed E-state index contributed by atoms with van der Waals surface area (Å²) in [6.45, 7) is 4.20. The summed E-state index contributed by atoms with van der Waals surface area (Å²) in [5, 5.41) is 5.41. The zero-order chi connectivity index (χ0) is 22.6. The molecular formula is C25H26FN3O2S. The SMILES string of the molecule is CC(=O)C1(c2ccccc2)CCN(Cc2nc(C(=O)NCc3cccc(F)c3)cs2)CC1. The number of nitrogens with one attached hydrogen (secondary N) is 1. The van der Waals surface area contributed by atoms with Gasteiger partial charge in [-0.05, 0) is 56.1 Å².